The molecule has 7 rings (SSSR count). The Morgan fingerprint density at radius 1 is 0.485 bits per heavy atom. The largest absolute Gasteiger partial charge is 0.398 e. The first-order chi connectivity index (χ1) is 16.3. The summed E-state index contributed by atoms with van der Waals surface area (Å²) in [5.41, 5.74) is 20.4. The number of nitrogens with two attached hydrogens (primary N) is 1. The number of fused-ring (bicyclic) bond motifs is 10. The molecule has 5 aromatic carbocycles. The molecule has 1 nitrogen and oxygen atoms in total. The highest BCUT2D eigenvalue weighted by Gasteiger charge is 2.52. The Bertz CT molecular complexity index is 1500. The van der Waals surface area contributed by atoms with Crippen LogP contribution in [-0.4, -0.2) is 0 Å². The first-order valence-corrected chi connectivity index (χ1v) is 11.5. The van der Waals surface area contributed by atoms with E-state index in [1.807, 2.05) is 6.07 Å². The Morgan fingerprint density at radius 3 is 1.73 bits per heavy atom. The summed E-state index contributed by atoms with van der Waals surface area (Å²) >= 11 is 0. The predicted octanol–water partition coefficient (Wildman–Crippen LogP) is 7.20. The van der Waals surface area contributed by atoms with Gasteiger partial charge in [-0.05, 0) is 62.6 Å². The van der Waals surface area contributed by atoms with Gasteiger partial charge in [0.2, 0.25) is 0 Å². The average molecular weight is 422 g/mol. The van der Waals surface area contributed by atoms with E-state index in [0.29, 0.717) is 0 Å². The summed E-state index contributed by atoms with van der Waals surface area (Å²) in [4.78, 5) is 0. The smallest absolute Gasteiger partial charge is 0.0726 e. The van der Waals surface area contributed by atoms with Crippen molar-refractivity contribution < 1.29 is 0 Å². The quantitative estimate of drug-likeness (QED) is 0.293. The highest BCUT2D eigenvalue weighted by molar-refractivity contribution is 5.99. The number of anilines is 1. The van der Waals surface area contributed by atoms with Gasteiger partial charge in [-0.1, -0.05) is 109 Å². The van der Waals surface area contributed by atoms with Gasteiger partial charge >= 0.3 is 0 Å². The summed E-state index contributed by atoms with van der Waals surface area (Å²) in [5.74, 6) is 0. The highest BCUT2D eigenvalue weighted by atomic mass is 14.6. The van der Waals surface area contributed by atoms with Crippen molar-refractivity contribution in [2.45, 2.75) is 11.8 Å². The monoisotopic (exact) mass is 421 g/mol. The van der Waals surface area contributed by atoms with Gasteiger partial charge in [-0.25, -0.2) is 0 Å². The van der Waals surface area contributed by atoms with Gasteiger partial charge in [0.05, 0.1) is 5.41 Å². The Kier molecular flexibility index (Phi) is 3.75. The topological polar surface area (TPSA) is 26.0 Å². The summed E-state index contributed by atoms with van der Waals surface area (Å²) in [5, 5.41) is 0. The van der Waals surface area contributed by atoms with Crippen LogP contribution in [0.4, 0.5) is 5.69 Å². The third-order valence-corrected chi connectivity index (χ3v) is 7.50. The molecule has 0 saturated carbocycles. The van der Waals surface area contributed by atoms with Crippen LogP contribution in [0.5, 0.6) is 0 Å². The summed E-state index contributed by atoms with van der Waals surface area (Å²) in [6.45, 7) is 0. The molecular formula is C32H23N. The molecular weight excluding hydrogens is 398 g/mol. The molecule has 0 fully saturated rings. The van der Waals surface area contributed by atoms with E-state index in [2.05, 4.69) is 109 Å². The number of nitrogen functional groups attached to an aromatic ring is 1. The first-order valence-electron chi connectivity index (χ1n) is 11.5. The fraction of sp³-hybridized carbons (Fsp3) is 0.0625. The molecule has 0 heterocycles. The third-order valence-electron chi connectivity index (χ3n) is 7.50. The van der Waals surface area contributed by atoms with Gasteiger partial charge in [-0.2, -0.15) is 0 Å². The third kappa shape index (κ3) is 2.32. The molecule has 0 saturated heterocycles. The van der Waals surface area contributed by atoms with Crippen molar-refractivity contribution in [3.8, 4) is 22.3 Å². The van der Waals surface area contributed by atoms with Crippen molar-refractivity contribution in [1.82, 2.24) is 0 Å². The molecule has 0 bridgehead atoms. The fourth-order valence-corrected chi connectivity index (χ4v) is 6.29. The van der Waals surface area contributed by atoms with E-state index in [1.54, 1.807) is 0 Å². The van der Waals surface area contributed by atoms with E-state index >= 15 is 0 Å². The van der Waals surface area contributed by atoms with Gasteiger partial charge in [-0.3, -0.25) is 0 Å². The lowest BCUT2D eigenvalue weighted by Crippen LogP contribution is -2.25. The Morgan fingerprint density at radius 2 is 1.03 bits per heavy atom. The molecule has 0 aliphatic heterocycles. The summed E-state index contributed by atoms with van der Waals surface area (Å²) in [6.07, 6.45) is 0.886. The summed E-state index contributed by atoms with van der Waals surface area (Å²) in [7, 11) is 0. The molecule has 1 heteroatoms. The molecule has 2 aliphatic carbocycles. The van der Waals surface area contributed by atoms with Crippen LogP contribution in [-0.2, 0) is 11.8 Å². The normalized spacial score (nSPS) is 13.9. The molecule has 156 valence electrons. The lowest BCUT2D eigenvalue weighted by atomic mass is 9.70. The van der Waals surface area contributed by atoms with E-state index in [9.17, 15) is 0 Å². The van der Waals surface area contributed by atoms with E-state index < -0.39 is 0 Å². The van der Waals surface area contributed by atoms with Gasteiger partial charge in [0, 0.05) is 11.3 Å². The van der Waals surface area contributed by atoms with Crippen molar-refractivity contribution in [3.05, 3.63) is 149 Å². The standard InChI is InChI=1S/C32H23N/c33-29-19-9-18-28-31(29)30-22(20-21-10-2-1-3-11-21)12-8-17-27(30)32(28)25-15-6-4-13-23(25)24-14-5-7-16-26(24)32/h1-19H,20,33H2. The van der Waals surface area contributed by atoms with Crippen molar-refractivity contribution in [1.29, 1.82) is 0 Å². The average Bonchev–Trinajstić information content (AvgIpc) is 3.34. The number of rotatable bonds is 2. The second kappa shape index (κ2) is 6.70. The van der Waals surface area contributed by atoms with Crippen LogP contribution in [0.3, 0.4) is 0 Å². The molecule has 0 radical (unpaired) electrons. The predicted molar refractivity (Wildman–Crippen MR) is 136 cm³/mol. The Hall–Kier alpha value is -4.10. The second-order valence-electron chi connectivity index (χ2n) is 9.11. The lowest BCUT2D eigenvalue weighted by molar-refractivity contribution is 0.793. The maximum absolute atomic E-state index is 6.74. The van der Waals surface area contributed by atoms with Crippen molar-refractivity contribution >= 4 is 5.69 Å². The van der Waals surface area contributed by atoms with Gasteiger partial charge in [0.1, 0.15) is 0 Å². The Labute approximate surface area is 194 Å². The zero-order valence-electron chi connectivity index (χ0n) is 18.3. The van der Waals surface area contributed by atoms with Crippen LogP contribution < -0.4 is 5.73 Å². The second-order valence-corrected chi connectivity index (χ2v) is 9.11. The van der Waals surface area contributed by atoms with E-state index in [-0.39, 0.29) is 5.41 Å². The molecule has 33 heavy (non-hydrogen) atoms. The lowest BCUT2D eigenvalue weighted by Gasteiger charge is -2.30. The van der Waals surface area contributed by atoms with Crippen molar-refractivity contribution in [2.24, 2.45) is 0 Å². The summed E-state index contributed by atoms with van der Waals surface area (Å²) < 4.78 is 0. The maximum Gasteiger partial charge on any atom is 0.0726 e. The fourth-order valence-electron chi connectivity index (χ4n) is 6.29. The molecule has 1 spiro atoms. The van der Waals surface area contributed by atoms with E-state index in [1.165, 1.54) is 55.6 Å². The minimum absolute atomic E-state index is 0.333. The molecule has 5 aromatic rings. The number of hydrogen-bond acceptors (Lipinski definition) is 1. The Balaban J connectivity index is 1.62. The van der Waals surface area contributed by atoms with E-state index in [0.717, 1.165) is 12.1 Å². The van der Waals surface area contributed by atoms with Crippen molar-refractivity contribution in [3.63, 3.8) is 0 Å². The minimum atomic E-state index is -0.333. The van der Waals surface area contributed by atoms with Crippen LogP contribution >= 0.6 is 0 Å². The number of hydrogen-bond donors (Lipinski definition) is 1. The highest BCUT2D eigenvalue weighted by Crippen LogP contribution is 2.64. The molecule has 0 aromatic heterocycles. The zero-order valence-corrected chi connectivity index (χ0v) is 18.3. The number of benzene rings is 5. The van der Waals surface area contributed by atoms with Crippen LogP contribution in [0.1, 0.15) is 33.4 Å². The van der Waals surface area contributed by atoms with Gasteiger partial charge in [0.15, 0.2) is 0 Å². The zero-order chi connectivity index (χ0) is 22.0. The minimum Gasteiger partial charge on any atom is -0.398 e. The van der Waals surface area contributed by atoms with Gasteiger partial charge < -0.3 is 5.73 Å². The van der Waals surface area contributed by atoms with Crippen molar-refractivity contribution in [2.75, 3.05) is 5.73 Å². The van der Waals surface area contributed by atoms with Crippen LogP contribution in [0.15, 0.2) is 115 Å². The van der Waals surface area contributed by atoms with Crippen LogP contribution in [0.2, 0.25) is 0 Å². The van der Waals surface area contributed by atoms with E-state index in [4.69, 9.17) is 5.73 Å². The molecule has 2 aliphatic rings. The van der Waals surface area contributed by atoms with Crippen LogP contribution in [0, 0.1) is 0 Å². The molecule has 0 unspecified atom stereocenters. The molecule has 2 N–H and O–H groups in total. The molecule has 0 atom stereocenters. The first kappa shape index (κ1) is 18.5. The van der Waals surface area contributed by atoms with Gasteiger partial charge in [0.25, 0.3) is 0 Å². The maximum atomic E-state index is 6.74. The SMILES string of the molecule is Nc1cccc2c1-c1c(Cc3ccccc3)cccc1C21c2ccccc2-c2ccccc21. The molecule has 0 amide bonds. The summed E-state index contributed by atoms with van der Waals surface area (Å²) in [6, 6.07) is 41.8. The van der Waals surface area contributed by atoms with Crippen LogP contribution in [0.25, 0.3) is 22.3 Å². The van der Waals surface area contributed by atoms with Gasteiger partial charge in [-0.15, -0.1) is 0 Å².